The number of aliphatic hydroxyl groups is 1. The van der Waals surface area contributed by atoms with E-state index in [4.69, 9.17) is 23.1 Å². The highest BCUT2D eigenvalue weighted by Gasteiger charge is 2.26. The summed E-state index contributed by atoms with van der Waals surface area (Å²) in [7, 11) is 0. The molecule has 94 valence electrons. The summed E-state index contributed by atoms with van der Waals surface area (Å²) >= 11 is 5.79. The van der Waals surface area contributed by atoms with Crippen molar-refractivity contribution in [3.8, 4) is 0 Å². The molecule has 6 heteroatoms. The Kier molecular flexibility index (Phi) is 3.25. The van der Waals surface area contributed by atoms with Gasteiger partial charge in [0.1, 0.15) is 17.2 Å². The number of primary amides is 1. The molecule has 1 unspecified atom stereocenters. The van der Waals surface area contributed by atoms with E-state index in [9.17, 15) is 9.90 Å². The topological polar surface area (TPSA) is 102 Å². The third-order valence-electron chi connectivity index (χ3n) is 2.73. The summed E-state index contributed by atoms with van der Waals surface area (Å²) in [5.41, 5.74) is 11.5. The molecule has 0 aromatic heterocycles. The van der Waals surface area contributed by atoms with Crippen LogP contribution in [0.2, 0.25) is 5.02 Å². The fourth-order valence-corrected chi connectivity index (χ4v) is 1.98. The molecule has 1 aliphatic rings. The van der Waals surface area contributed by atoms with Crippen LogP contribution < -0.4 is 11.5 Å². The molecular formula is C12H12ClN3O2. The van der Waals surface area contributed by atoms with Crippen LogP contribution in [0.3, 0.4) is 0 Å². The average Bonchev–Trinajstić information content (AvgIpc) is 2.28. The monoisotopic (exact) mass is 265 g/mol. The summed E-state index contributed by atoms with van der Waals surface area (Å²) in [4.78, 5) is 15.3. The van der Waals surface area contributed by atoms with Gasteiger partial charge in [-0.05, 0) is 17.7 Å². The second-order valence-corrected chi connectivity index (χ2v) is 4.41. The van der Waals surface area contributed by atoms with E-state index < -0.39 is 5.91 Å². The summed E-state index contributed by atoms with van der Waals surface area (Å²) in [6.07, 6.45) is 0.195. The Hall–Kier alpha value is -2.01. The van der Waals surface area contributed by atoms with Crippen LogP contribution in [0.15, 0.2) is 40.6 Å². The average molecular weight is 266 g/mol. The number of hydrogen-bond acceptors (Lipinski definition) is 4. The molecule has 1 aromatic rings. The molecule has 1 atom stereocenters. The van der Waals surface area contributed by atoms with E-state index in [2.05, 4.69) is 4.99 Å². The summed E-state index contributed by atoms with van der Waals surface area (Å²) in [6.45, 7) is 0. The molecule has 1 heterocycles. The SMILES string of the molecule is NC(=O)C1=C(O)CC(c2ccc(Cl)cc2)N=C1N. The Balaban J connectivity index is 2.32. The maximum Gasteiger partial charge on any atom is 0.255 e. The largest absolute Gasteiger partial charge is 0.511 e. The Morgan fingerprint density at radius 1 is 1.39 bits per heavy atom. The first kappa shape index (κ1) is 12.4. The van der Waals surface area contributed by atoms with Crippen molar-refractivity contribution < 1.29 is 9.90 Å². The Bertz CT molecular complexity index is 549. The molecule has 0 saturated carbocycles. The van der Waals surface area contributed by atoms with Gasteiger partial charge in [0, 0.05) is 11.4 Å². The maximum atomic E-state index is 11.1. The molecule has 0 fully saturated rings. The first-order valence-electron chi connectivity index (χ1n) is 5.30. The number of hydrogen-bond donors (Lipinski definition) is 3. The van der Waals surface area contributed by atoms with Crippen molar-refractivity contribution in [2.24, 2.45) is 16.5 Å². The number of benzene rings is 1. The Labute approximate surface area is 109 Å². The molecule has 5 N–H and O–H groups in total. The van der Waals surface area contributed by atoms with E-state index in [0.29, 0.717) is 5.02 Å². The van der Waals surface area contributed by atoms with E-state index in [1.54, 1.807) is 24.3 Å². The van der Waals surface area contributed by atoms with Gasteiger partial charge in [-0.3, -0.25) is 9.79 Å². The van der Waals surface area contributed by atoms with Crippen LogP contribution in [0.4, 0.5) is 0 Å². The van der Waals surface area contributed by atoms with E-state index in [-0.39, 0.29) is 29.6 Å². The number of nitrogens with two attached hydrogens (primary N) is 2. The highest BCUT2D eigenvalue weighted by molar-refractivity contribution is 6.30. The molecular weight excluding hydrogens is 254 g/mol. The lowest BCUT2D eigenvalue weighted by molar-refractivity contribution is -0.114. The highest BCUT2D eigenvalue weighted by Crippen LogP contribution is 2.30. The summed E-state index contributed by atoms with van der Waals surface area (Å²) in [6, 6.07) is 6.73. The third kappa shape index (κ3) is 2.31. The molecule has 0 bridgehead atoms. The van der Waals surface area contributed by atoms with Gasteiger partial charge in [-0.1, -0.05) is 23.7 Å². The van der Waals surface area contributed by atoms with Gasteiger partial charge in [-0.2, -0.15) is 0 Å². The van der Waals surface area contributed by atoms with E-state index >= 15 is 0 Å². The zero-order chi connectivity index (χ0) is 13.3. The second kappa shape index (κ2) is 4.70. The van der Waals surface area contributed by atoms with Gasteiger partial charge in [-0.25, -0.2) is 0 Å². The molecule has 0 spiro atoms. The van der Waals surface area contributed by atoms with Gasteiger partial charge < -0.3 is 16.6 Å². The zero-order valence-electron chi connectivity index (χ0n) is 9.43. The number of carbonyl (C=O) groups excluding carboxylic acids is 1. The highest BCUT2D eigenvalue weighted by atomic mass is 35.5. The van der Waals surface area contributed by atoms with Crippen molar-refractivity contribution in [2.45, 2.75) is 12.5 Å². The van der Waals surface area contributed by atoms with Gasteiger partial charge >= 0.3 is 0 Å². The Morgan fingerprint density at radius 2 is 2.00 bits per heavy atom. The number of rotatable bonds is 2. The molecule has 5 nitrogen and oxygen atoms in total. The summed E-state index contributed by atoms with van der Waals surface area (Å²) in [5.74, 6) is -0.940. The van der Waals surface area contributed by atoms with Crippen molar-refractivity contribution in [3.63, 3.8) is 0 Å². The lowest BCUT2D eigenvalue weighted by Gasteiger charge is -2.20. The first-order valence-corrected chi connectivity index (χ1v) is 5.68. The quantitative estimate of drug-likeness (QED) is 0.754. The predicted octanol–water partition coefficient (Wildman–Crippen LogP) is 1.44. The number of aliphatic hydroxyl groups excluding tert-OH is 1. The van der Waals surface area contributed by atoms with Gasteiger partial charge in [0.15, 0.2) is 0 Å². The van der Waals surface area contributed by atoms with Gasteiger partial charge in [-0.15, -0.1) is 0 Å². The van der Waals surface area contributed by atoms with Crippen molar-refractivity contribution in [1.82, 2.24) is 0 Å². The number of amides is 1. The lowest BCUT2D eigenvalue weighted by atomic mass is 9.97. The van der Waals surface area contributed by atoms with Crippen LogP contribution >= 0.6 is 11.6 Å². The van der Waals surface area contributed by atoms with Gasteiger partial charge in [0.2, 0.25) is 0 Å². The minimum absolute atomic E-state index is 0.0359. The predicted molar refractivity (Wildman–Crippen MR) is 69.3 cm³/mol. The second-order valence-electron chi connectivity index (χ2n) is 3.97. The van der Waals surface area contributed by atoms with Gasteiger partial charge in [0.25, 0.3) is 5.91 Å². The maximum absolute atomic E-state index is 11.1. The zero-order valence-corrected chi connectivity index (χ0v) is 10.2. The van der Waals surface area contributed by atoms with Crippen LogP contribution in [-0.4, -0.2) is 16.8 Å². The third-order valence-corrected chi connectivity index (χ3v) is 2.98. The summed E-state index contributed by atoms with van der Waals surface area (Å²) < 4.78 is 0. The van der Waals surface area contributed by atoms with Crippen LogP contribution in [0.1, 0.15) is 18.0 Å². The number of nitrogens with zero attached hydrogens (tertiary/aromatic N) is 1. The van der Waals surface area contributed by atoms with Crippen LogP contribution in [0.25, 0.3) is 0 Å². The molecule has 18 heavy (non-hydrogen) atoms. The lowest BCUT2D eigenvalue weighted by Crippen LogP contribution is -2.31. The van der Waals surface area contributed by atoms with Crippen molar-refractivity contribution in [2.75, 3.05) is 0 Å². The van der Waals surface area contributed by atoms with Crippen molar-refractivity contribution in [1.29, 1.82) is 0 Å². The molecule has 1 amide bonds. The van der Waals surface area contributed by atoms with Crippen molar-refractivity contribution >= 4 is 23.3 Å². The summed E-state index contributed by atoms with van der Waals surface area (Å²) in [5, 5.41) is 10.4. The van der Waals surface area contributed by atoms with E-state index in [1.807, 2.05) is 0 Å². The smallest absolute Gasteiger partial charge is 0.255 e. The van der Waals surface area contributed by atoms with Gasteiger partial charge in [0.05, 0.1) is 6.04 Å². The Morgan fingerprint density at radius 3 is 2.50 bits per heavy atom. The first-order chi connectivity index (χ1) is 8.49. The molecule has 0 aliphatic carbocycles. The minimum atomic E-state index is -0.775. The number of dihydropyridines is 1. The molecule has 2 rings (SSSR count). The number of halogens is 1. The number of carbonyl (C=O) groups is 1. The molecule has 1 aliphatic heterocycles. The minimum Gasteiger partial charge on any atom is -0.511 e. The normalized spacial score (nSPS) is 19.6. The van der Waals surface area contributed by atoms with Crippen LogP contribution in [-0.2, 0) is 4.79 Å². The van der Waals surface area contributed by atoms with Crippen molar-refractivity contribution in [3.05, 3.63) is 46.2 Å². The number of amidine groups is 1. The number of aliphatic imine (C=N–C) groups is 1. The standard InChI is InChI=1S/C12H12ClN3O2/c13-7-3-1-6(2-4-7)8-5-9(17)10(12(15)18)11(14)16-8/h1-4,8,17H,5H2,(H2,14,16)(H2,15,18). The van der Waals surface area contributed by atoms with Crippen LogP contribution in [0, 0.1) is 0 Å². The fourth-order valence-electron chi connectivity index (χ4n) is 1.86. The molecule has 0 saturated heterocycles. The molecule has 1 aromatic carbocycles. The van der Waals surface area contributed by atoms with E-state index in [0.717, 1.165) is 5.56 Å². The van der Waals surface area contributed by atoms with Crippen LogP contribution in [0.5, 0.6) is 0 Å². The van der Waals surface area contributed by atoms with E-state index in [1.165, 1.54) is 0 Å². The molecule has 0 radical (unpaired) electrons. The fraction of sp³-hybridized carbons (Fsp3) is 0.167.